The summed E-state index contributed by atoms with van der Waals surface area (Å²) in [5, 5.41) is 6.48. The third kappa shape index (κ3) is 4.52. The van der Waals surface area contributed by atoms with E-state index >= 15 is 0 Å². The van der Waals surface area contributed by atoms with E-state index in [9.17, 15) is 14.4 Å². The van der Waals surface area contributed by atoms with Crippen LogP contribution in [0.15, 0.2) is 9.95 Å². The fourth-order valence-corrected chi connectivity index (χ4v) is 3.77. The molecule has 0 fully saturated rings. The fourth-order valence-electron chi connectivity index (χ4n) is 2.83. The molecule has 0 saturated heterocycles. The second-order valence-electron chi connectivity index (χ2n) is 6.29. The molecule has 27 heavy (non-hydrogen) atoms. The van der Waals surface area contributed by atoms with Crippen LogP contribution in [0.25, 0.3) is 0 Å². The molecule has 1 atom stereocenters. The number of carbonyl (C=O) groups is 2. The highest BCUT2D eigenvalue weighted by atomic mass is 32.2. The second-order valence-corrected chi connectivity index (χ2v) is 7.59. The maximum absolute atomic E-state index is 12.9. The summed E-state index contributed by atoms with van der Waals surface area (Å²) in [5.74, 6) is -0.600. The number of ether oxygens (including phenoxy) is 1. The number of carbonyl (C=O) groups excluding carboxylic acids is 2. The number of nitrogens with zero attached hydrogens (tertiary/aromatic N) is 2. The molecular formula is C18H26N4O4S. The van der Waals surface area contributed by atoms with Crippen molar-refractivity contribution in [2.24, 2.45) is 0 Å². The van der Waals surface area contributed by atoms with Gasteiger partial charge in [0.05, 0.1) is 23.1 Å². The predicted octanol–water partition coefficient (Wildman–Crippen LogP) is 2.86. The number of hydrogen-bond donors (Lipinski definition) is 2. The number of ketones is 1. The first-order valence-electron chi connectivity index (χ1n) is 9.04. The van der Waals surface area contributed by atoms with Crippen LogP contribution >= 0.6 is 11.8 Å². The summed E-state index contributed by atoms with van der Waals surface area (Å²) in [7, 11) is 0. The van der Waals surface area contributed by atoms with E-state index in [0.29, 0.717) is 34.2 Å². The second kappa shape index (κ2) is 9.07. The summed E-state index contributed by atoms with van der Waals surface area (Å²) in [6.07, 6.45) is 1.81. The molecule has 0 aliphatic rings. The van der Waals surface area contributed by atoms with Gasteiger partial charge >= 0.3 is 11.7 Å². The van der Waals surface area contributed by atoms with E-state index in [0.717, 1.165) is 12.8 Å². The maximum Gasteiger partial charge on any atom is 0.343 e. The number of thioether (sulfide) groups is 1. The normalized spacial score (nSPS) is 12.2. The van der Waals surface area contributed by atoms with Crippen LogP contribution in [-0.2, 0) is 11.3 Å². The van der Waals surface area contributed by atoms with Gasteiger partial charge < -0.3 is 9.72 Å². The zero-order chi connectivity index (χ0) is 20.1. The molecular weight excluding hydrogens is 368 g/mol. The van der Waals surface area contributed by atoms with Crippen LogP contribution in [0.1, 0.15) is 65.7 Å². The lowest BCUT2D eigenvalue weighted by Gasteiger charge is -2.10. The van der Waals surface area contributed by atoms with Crippen molar-refractivity contribution in [2.45, 2.75) is 64.4 Å². The van der Waals surface area contributed by atoms with E-state index in [-0.39, 0.29) is 18.1 Å². The van der Waals surface area contributed by atoms with Crippen LogP contribution in [0.3, 0.4) is 0 Å². The number of esters is 1. The van der Waals surface area contributed by atoms with E-state index in [4.69, 9.17) is 4.74 Å². The number of aromatic nitrogens is 4. The first kappa shape index (κ1) is 21.0. The van der Waals surface area contributed by atoms with Crippen molar-refractivity contribution in [3.63, 3.8) is 0 Å². The molecule has 0 saturated carbocycles. The molecule has 148 valence electrons. The molecule has 0 spiro atoms. The summed E-state index contributed by atoms with van der Waals surface area (Å²) in [6, 6.07) is 0. The van der Waals surface area contributed by atoms with E-state index in [2.05, 4.69) is 15.2 Å². The first-order chi connectivity index (χ1) is 12.8. The Morgan fingerprint density at radius 1 is 1.30 bits per heavy atom. The van der Waals surface area contributed by atoms with Gasteiger partial charge in [-0.15, -0.1) is 5.10 Å². The van der Waals surface area contributed by atoms with Gasteiger partial charge in [0, 0.05) is 12.2 Å². The summed E-state index contributed by atoms with van der Waals surface area (Å²) in [6.45, 7) is 9.84. The molecule has 2 heterocycles. The Morgan fingerprint density at radius 2 is 2.00 bits per heavy atom. The molecule has 0 aliphatic carbocycles. The van der Waals surface area contributed by atoms with Crippen molar-refractivity contribution < 1.29 is 14.3 Å². The van der Waals surface area contributed by atoms with Crippen LogP contribution in [0.4, 0.5) is 0 Å². The Hall–Kier alpha value is -2.29. The zero-order valence-electron chi connectivity index (χ0n) is 16.3. The number of nitrogens with one attached hydrogen (secondary N) is 2. The van der Waals surface area contributed by atoms with Crippen LogP contribution in [0.5, 0.6) is 0 Å². The lowest BCUT2D eigenvalue weighted by atomic mass is 10.1. The van der Waals surface area contributed by atoms with Crippen molar-refractivity contribution in [1.82, 2.24) is 19.7 Å². The highest BCUT2D eigenvalue weighted by molar-refractivity contribution is 8.00. The Morgan fingerprint density at radius 3 is 2.63 bits per heavy atom. The molecule has 8 nitrogen and oxygen atoms in total. The Kier molecular flexibility index (Phi) is 7.06. The predicted molar refractivity (Wildman–Crippen MR) is 104 cm³/mol. The first-order valence-corrected chi connectivity index (χ1v) is 9.92. The van der Waals surface area contributed by atoms with E-state index < -0.39 is 11.2 Å². The summed E-state index contributed by atoms with van der Waals surface area (Å²) in [5.41, 5.74) is 1.69. The van der Waals surface area contributed by atoms with Crippen molar-refractivity contribution in [3.05, 3.63) is 33.0 Å². The van der Waals surface area contributed by atoms with Crippen LogP contribution in [0, 0.1) is 13.8 Å². The molecule has 2 aromatic rings. The number of hydrogen-bond acceptors (Lipinski definition) is 6. The molecule has 2 N–H and O–H groups in total. The molecule has 9 heteroatoms. The van der Waals surface area contributed by atoms with Gasteiger partial charge in [0.25, 0.3) is 0 Å². The van der Waals surface area contributed by atoms with E-state index in [1.54, 1.807) is 32.3 Å². The highest BCUT2D eigenvalue weighted by Crippen LogP contribution is 2.26. The average Bonchev–Trinajstić information content (AvgIpc) is 3.11. The van der Waals surface area contributed by atoms with Gasteiger partial charge in [0.2, 0.25) is 0 Å². The monoisotopic (exact) mass is 394 g/mol. The molecule has 0 bridgehead atoms. The highest BCUT2D eigenvalue weighted by Gasteiger charge is 2.27. The zero-order valence-corrected chi connectivity index (χ0v) is 17.2. The molecule has 0 amide bonds. The third-order valence-electron chi connectivity index (χ3n) is 4.27. The lowest BCUT2D eigenvalue weighted by Crippen LogP contribution is -2.20. The minimum Gasteiger partial charge on any atom is -0.462 e. The van der Waals surface area contributed by atoms with Crippen molar-refractivity contribution in [1.29, 1.82) is 0 Å². The van der Waals surface area contributed by atoms with Crippen molar-refractivity contribution >= 4 is 23.5 Å². The number of Topliss-reactive ketones (excluding diaryl/α,β-unsaturated/α-hetero) is 1. The minimum absolute atomic E-state index is 0.159. The summed E-state index contributed by atoms with van der Waals surface area (Å²) in [4.78, 5) is 39.9. The smallest absolute Gasteiger partial charge is 0.343 e. The number of aryl methyl sites for hydroxylation is 1. The Bertz CT molecular complexity index is 881. The van der Waals surface area contributed by atoms with Crippen LogP contribution < -0.4 is 5.69 Å². The molecule has 2 aromatic heterocycles. The number of aromatic amines is 2. The maximum atomic E-state index is 12.9. The minimum atomic E-state index is -0.479. The lowest BCUT2D eigenvalue weighted by molar-refractivity contribution is 0.0525. The number of rotatable bonds is 9. The molecule has 2 rings (SSSR count). The van der Waals surface area contributed by atoms with Gasteiger partial charge in [-0.05, 0) is 39.7 Å². The SMILES string of the molecule is CCCCn1c(S[C@H](C)C(=O)c2[nH]c(C)c(C(=O)OCC)c2C)n[nH]c1=O. The fraction of sp³-hybridized carbons (Fsp3) is 0.556. The topological polar surface area (TPSA) is 110 Å². The quantitative estimate of drug-likeness (QED) is 0.384. The van der Waals surface area contributed by atoms with Gasteiger partial charge in [0.1, 0.15) is 0 Å². The van der Waals surface area contributed by atoms with Crippen LogP contribution in [-0.4, -0.2) is 43.4 Å². The number of unbranched alkanes of at least 4 members (excludes halogenated alkanes) is 1. The van der Waals surface area contributed by atoms with Crippen molar-refractivity contribution in [2.75, 3.05) is 6.61 Å². The van der Waals surface area contributed by atoms with Crippen molar-refractivity contribution in [3.8, 4) is 0 Å². The van der Waals surface area contributed by atoms with Gasteiger partial charge in [-0.2, -0.15) is 0 Å². The standard InChI is InChI=1S/C18H26N4O4S/c1-6-8-9-22-17(25)20-21-18(22)27-12(5)15(23)14-10(3)13(11(4)19-14)16(24)26-7-2/h12,19H,6-9H2,1-5H3,(H,20,25)/t12-/m1/s1. The Balaban J connectivity index is 2.23. The molecule has 0 aromatic carbocycles. The molecule has 0 unspecified atom stereocenters. The number of H-pyrrole nitrogens is 2. The molecule has 0 aliphatic heterocycles. The largest absolute Gasteiger partial charge is 0.462 e. The van der Waals surface area contributed by atoms with Gasteiger partial charge in [-0.1, -0.05) is 25.1 Å². The van der Waals surface area contributed by atoms with Gasteiger partial charge in [-0.25, -0.2) is 14.7 Å². The molecule has 0 radical (unpaired) electrons. The average molecular weight is 394 g/mol. The van der Waals surface area contributed by atoms with Crippen LogP contribution in [0.2, 0.25) is 0 Å². The Labute approximate surface area is 162 Å². The summed E-state index contributed by atoms with van der Waals surface area (Å²) >= 11 is 1.22. The van der Waals surface area contributed by atoms with Gasteiger partial charge in [-0.3, -0.25) is 9.36 Å². The third-order valence-corrected chi connectivity index (χ3v) is 5.36. The van der Waals surface area contributed by atoms with E-state index in [1.165, 1.54) is 11.8 Å². The summed E-state index contributed by atoms with van der Waals surface area (Å²) < 4.78 is 6.62. The van der Waals surface area contributed by atoms with E-state index in [1.807, 2.05) is 6.92 Å². The van der Waals surface area contributed by atoms with Gasteiger partial charge in [0.15, 0.2) is 10.9 Å².